The lowest BCUT2D eigenvalue weighted by Gasteiger charge is -2.38. The third kappa shape index (κ3) is 2.02. The number of likely N-dealkylation sites (tertiary alicyclic amines) is 1. The number of aliphatic hydroxyl groups is 1. The molecular weight excluding hydrogens is 370 g/mol. The van der Waals surface area contributed by atoms with Crippen molar-refractivity contribution in [2.45, 2.75) is 17.0 Å². The lowest BCUT2D eigenvalue weighted by atomic mass is 9.68. The van der Waals surface area contributed by atoms with Crippen LogP contribution in [-0.4, -0.2) is 46.6 Å². The summed E-state index contributed by atoms with van der Waals surface area (Å²) in [5.41, 5.74) is -2.05. The van der Waals surface area contributed by atoms with Crippen molar-refractivity contribution in [2.24, 2.45) is 0 Å². The predicted octanol–water partition coefficient (Wildman–Crippen LogP) is 2.22. The Kier molecular flexibility index (Phi) is 3.99. The first-order chi connectivity index (χ1) is 12.9. The maximum Gasteiger partial charge on any atom is 0.283 e. The van der Waals surface area contributed by atoms with Gasteiger partial charge in [-0.1, -0.05) is 48.0 Å². The second-order valence-corrected chi connectivity index (χ2v) is 7.41. The maximum absolute atomic E-state index is 13.2. The highest BCUT2D eigenvalue weighted by atomic mass is 35.5. The molecule has 0 aromatic heterocycles. The van der Waals surface area contributed by atoms with Crippen LogP contribution >= 0.6 is 11.6 Å². The van der Waals surface area contributed by atoms with Gasteiger partial charge in [-0.3, -0.25) is 19.8 Å². The molecule has 2 aromatic carbocycles. The van der Waals surface area contributed by atoms with Gasteiger partial charge in [-0.25, -0.2) is 0 Å². The summed E-state index contributed by atoms with van der Waals surface area (Å²) < 4.78 is 0. The number of nitrogens with zero attached hydrogens (tertiary/aromatic N) is 2. The highest BCUT2D eigenvalue weighted by Gasteiger charge is 2.78. The van der Waals surface area contributed by atoms with Crippen LogP contribution in [-0.2, 0) is 10.3 Å². The molecular formula is C19H18ClN3O4. The van der Waals surface area contributed by atoms with Crippen molar-refractivity contribution in [1.82, 2.24) is 4.90 Å². The second-order valence-electron chi connectivity index (χ2n) is 7.00. The Morgan fingerprint density at radius 2 is 1.96 bits per heavy atom. The SMILES string of the molecule is CN1C[C@@H](c2ccccc2Cl)[C@](CO)([N+](=O)[O-])C12C(=O)Nc1ccccc12. The van der Waals surface area contributed by atoms with E-state index in [0.29, 0.717) is 21.8 Å². The van der Waals surface area contributed by atoms with Crippen LogP contribution in [0.3, 0.4) is 0 Å². The smallest absolute Gasteiger partial charge is 0.283 e. The van der Waals surface area contributed by atoms with E-state index in [1.54, 1.807) is 60.5 Å². The Hall–Kier alpha value is -2.48. The normalized spacial score (nSPS) is 29.7. The van der Waals surface area contributed by atoms with Crippen molar-refractivity contribution in [2.75, 3.05) is 25.5 Å². The number of carbonyl (C=O) groups is 1. The average molecular weight is 388 g/mol. The molecule has 8 heteroatoms. The second kappa shape index (κ2) is 6.02. The number of benzene rings is 2. The fourth-order valence-corrected chi connectivity index (χ4v) is 5.12. The number of hydrogen-bond acceptors (Lipinski definition) is 5. The molecule has 1 saturated heterocycles. The zero-order valence-electron chi connectivity index (χ0n) is 14.6. The molecule has 0 radical (unpaired) electrons. The fourth-order valence-electron chi connectivity index (χ4n) is 4.85. The molecule has 2 aliphatic heterocycles. The van der Waals surface area contributed by atoms with Crippen molar-refractivity contribution < 1.29 is 14.8 Å². The molecule has 27 heavy (non-hydrogen) atoms. The van der Waals surface area contributed by atoms with E-state index in [9.17, 15) is 20.0 Å². The Bertz CT molecular complexity index is 952. The van der Waals surface area contributed by atoms with Crippen molar-refractivity contribution in [3.05, 3.63) is 74.8 Å². The minimum absolute atomic E-state index is 0.201. The molecule has 4 rings (SSSR count). The van der Waals surface area contributed by atoms with E-state index in [-0.39, 0.29) is 6.54 Å². The van der Waals surface area contributed by atoms with Gasteiger partial charge in [0, 0.05) is 27.7 Å². The number of likely N-dealkylation sites (N-methyl/N-ethyl adjacent to an activating group) is 1. The van der Waals surface area contributed by atoms with Crippen LogP contribution in [0.5, 0.6) is 0 Å². The van der Waals surface area contributed by atoms with Crippen LogP contribution < -0.4 is 5.32 Å². The summed E-state index contributed by atoms with van der Waals surface area (Å²) in [5.74, 6) is -1.28. The van der Waals surface area contributed by atoms with Gasteiger partial charge in [-0.2, -0.15) is 0 Å². The minimum atomic E-state index is -1.98. The van der Waals surface area contributed by atoms with E-state index in [4.69, 9.17) is 11.6 Å². The summed E-state index contributed by atoms with van der Waals surface area (Å²) >= 11 is 6.35. The summed E-state index contributed by atoms with van der Waals surface area (Å²) in [6.07, 6.45) is 0. The van der Waals surface area contributed by atoms with Crippen LogP contribution in [0, 0.1) is 10.1 Å². The number of carbonyl (C=O) groups excluding carboxylic acids is 1. The van der Waals surface area contributed by atoms with Crippen molar-refractivity contribution in [3.8, 4) is 0 Å². The number of fused-ring (bicyclic) bond motifs is 2. The van der Waals surface area contributed by atoms with Crippen LogP contribution in [0.2, 0.25) is 5.02 Å². The van der Waals surface area contributed by atoms with Crippen LogP contribution in [0.15, 0.2) is 48.5 Å². The molecule has 2 heterocycles. The number of aliphatic hydroxyl groups excluding tert-OH is 1. The van der Waals surface area contributed by atoms with Crippen molar-refractivity contribution >= 4 is 23.2 Å². The molecule has 0 saturated carbocycles. The number of anilines is 1. The first kappa shape index (κ1) is 17.9. The van der Waals surface area contributed by atoms with Gasteiger partial charge in [0.1, 0.15) is 6.61 Å². The third-order valence-corrected chi connectivity index (χ3v) is 6.32. The lowest BCUT2D eigenvalue weighted by Crippen LogP contribution is -2.65. The van der Waals surface area contributed by atoms with E-state index in [1.807, 2.05) is 0 Å². The van der Waals surface area contributed by atoms with Gasteiger partial charge >= 0.3 is 0 Å². The van der Waals surface area contributed by atoms with E-state index >= 15 is 0 Å². The number of hydrogen-bond donors (Lipinski definition) is 2. The molecule has 140 valence electrons. The summed E-state index contributed by atoms with van der Waals surface area (Å²) in [4.78, 5) is 26.9. The minimum Gasteiger partial charge on any atom is -0.389 e. The molecule has 2 N–H and O–H groups in total. The topological polar surface area (TPSA) is 95.7 Å². The number of para-hydroxylation sites is 1. The Labute approximate surface area is 160 Å². The van der Waals surface area contributed by atoms with Gasteiger partial charge in [0.25, 0.3) is 11.4 Å². The Morgan fingerprint density at radius 3 is 2.63 bits per heavy atom. The van der Waals surface area contributed by atoms with Gasteiger partial charge in [0.2, 0.25) is 5.54 Å². The predicted molar refractivity (Wildman–Crippen MR) is 100 cm³/mol. The monoisotopic (exact) mass is 387 g/mol. The number of nitrogens with one attached hydrogen (secondary N) is 1. The highest BCUT2D eigenvalue weighted by molar-refractivity contribution is 6.31. The summed E-state index contributed by atoms with van der Waals surface area (Å²) in [5, 5.41) is 26.0. The number of rotatable bonds is 3. The molecule has 1 spiro atoms. The van der Waals surface area contributed by atoms with Crippen molar-refractivity contribution in [3.63, 3.8) is 0 Å². The lowest BCUT2D eigenvalue weighted by molar-refractivity contribution is -0.587. The summed E-state index contributed by atoms with van der Waals surface area (Å²) in [6, 6.07) is 13.8. The van der Waals surface area contributed by atoms with Gasteiger partial charge in [0.05, 0.1) is 5.92 Å². The number of halogens is 1. The van der Waals surface area contributed by atoms with Gasteiger partial charge in [0.15, 0.2) is 0 Å². The Balaban J connectivity index is 2.05. The van der Waals surface area contributed by atoms with Gasteiger partial charge < -0.3 is 10.4 Å². The third-order valence-electron chi connectivity index (χ3n) is 5.97. The Morgan fingerprint density at radius 1 is 1.30 bits per heavy atom. The number of amides is 1. The average Bonchev–Trinajstić information content (AvgIpc) is 3.10. The van der Waals surface area contributed by atoms with Crippen LogP contribution in [0.1, 0.15) is 17.0 Å². The molecule has 0 aliphatic carbocycles. The molecule has 2 aliphatic rings. The van der Waals surface area contributed by atoms with E-state index in [2.05, 4.69) is 5.32 Å². The maximum atomic E-state index is 13.2. The molecule has 1 fully saturated rings. The quantitative estimate of drug-likeness (QED) is 0.622. The van der Waals surface area contributed by atoms with Crippen LogP contribution in [0.4, 0.5) is 5.69 Å². The zero-order valence-corrected chi connectivity index (χ0v) is 15.3. The van der Waals surface area contributed by atoms with Crippen molar-refractivity contribution in [1.29, 1.82) is 0 Å². The molecule has 1 unspecified atom stereocenters. The van der Waals surface area contributed by atoms with E-state index in [0.717, 1.165) is 0 Å². The first-order valence-electron chi connectivity index (χ1n) is 8.53. The fraction of sp³-hybridized carbons (Fsp3) is 0.316. The van der Waals surface area contributed by atoms with Crippen LogP contribution in [0.25, 0.3) is 0 Å². The van der Waals surface area contributed by atoms with Gasteiger partial charge in [-0.05, 0) is 24.7 Å². The zero-order chi connectivity index (χ0) is 19.4. The summed E-state index contributed by atoms with van der Waals surface area (Å²) in [7, 11) is 1.67. The highest BCUT2D eigenvalue weighted by Crippen LogP contribution is 2.58. The molecule has 0 bridgehead atoms. The number of nitro groups is 1. The van der Waals surface area contributed by atoms with Gasteiger partial charge in [-0.15, -0.1) is 0 Å². The standard InChI is InChI=1S/C19H18ClN3O4/c1-22-10-14(12-6-2-4-8-15(12)20)18(11-24,23(26)27)19(22)13-7-3-5-9-16(13)21-17(19)25/h2-9,14,24H,10-11H2,1H3,(H,21,25)/t14-,18-,19?/m0/s1. The molecule has 3 atom stereocenters. The van der Waals surface area contributed by atoms with E-state index < -0.39 is 34.4 Å². The molecule has 2 aromatic rings. The first-order valence-corrected chi connectivity index (χ1v) is 8.91. The molecule has 1 amide bonds. The molecule has 7 nitrogen and oxygen atoms in total. The summed E-state index contributed by atoms with van der Waals surface area (Å²) in [6.45, 7) is -0.602. The largest absolute Gasteiger partial charge is 0.389 e. The van der Waals surface area contributed by atoms with E-state index in [1.165, 1.54) is 0 Å².